The van der Waals surface area contributed by atoms with Gasteiger partial charge in [-0.15, -0.1) is 0 Å². The van der Waals surface area contributed by atoms with Crippen LogP contribution in [0, 0.1) is 10.1 Å². The molecule has 1 aliphatic heterocycles. The first kappa shape index (κ1) is 22.5. The highest BCUT2D eigenvalue weighted by molar-refractivity contribution is 7.80. The van der Waals surface area contributed by atoms with Crippen LogP contribution in [0.25, 0.3) is 11.3 Å². The summed E-state index contributed by atoms with van der Waals surface area (Å²) < 4.78 is 11.7. The van der Waals surface area contributed by atoms with Gasteiger partial charge in [0.25, 0.3) is 5.69 Å². The molecule has 0 saturated carbocycles. The van der Waals surface area contributed by atoms with E-state index in [1.807, 2.05) is 48.7 Å². The number of aromatic nitrogens is 2. The Balaban J connectivity index is 1.54. The lowest BCUT2D eigenvalue weighted by molar-refractivity contribution is -0.384. The minimum absolute atomic E-state index is 0.0550. The molecule has 9 nitrogen and oxygen atoms in total. The predicted molar refractivity (Wildman–Crippen MR) is 133 cm³/mol. The van der Waals surface area contributed by atoms with Crippen molar-refractivity contribution >= 4 is 23.0 Å². The summed E-state index contributed by atoms with van der Waals surface area (Å²) >= 11 is 5.71. The number of nitrogens with one attached hydrogen (secondary N) is 1. The predicted octanol–water partition coefficient (Wildman–Crippen LogP) is 4.83. The molecule has 2 unspecified atom stereocenters. The van der Waals surface area contributed by atoms with Crippen LogP contribution < -0.4 is 10.1 Å². The molecule has 1 aromatic carbocycles. The number of nitrogens with zero attached hydrogens (tertiary/aromatic N) is 4. The standard InChI is InChI=1S/C25H21N5O4S/c1-33-22-13-17(30(31)32)7-8-18(22)20-9-10-21(34-20)24-23(19-6-2-3-12-27-19)28-25(35)29(24)15-16-5-4-11-26-14-16/h2-14,23-24H,15H2,1H3,(H,28,35). The van der Waals surface area contributed by atoms with Crippen LogP contribution in [0.3, 0.4) is 0 Å². The van der Waals surface area contributed by atoms with Gasteiger partial charge in [0.1, 0.15) is 23.3 Å². The Kier molecular flexibility index (Phi) is 6.11. The van der Waals surface area contributed by atoms with E-state index in [1.165, 1.54) is 19.2 Å². The van der Waals surface area contributed by atoms with E-state index in [1.54, 1.807) is 18.5 Å². The zero-order chi connectivity index (χ0) is 24.4. The molecule has 1 N–H and O–H groups in total. The maximum absolute atomic E-state index is 11.2. The first-order valence-corrected chi connectivity index (χ1v) is 11.3. The molecule has 35 heavy (non-hydrogen) atoms. The average molecular weight is 488 g/mol. The quantitative estimate of drug-likeness (QED) is 0.223. The van der Waals surface area contributed by atoms with Crippen LogP contribution >= 0.6 is 12.2 Å². The second kappa shape index (κ2) is 9.51. The molecule has 4 aromatic rings. The third-order valence-corrected chi connectivity index (χ3v) is 6.21. The Labute approximate surface area is 206 Å². The summed E-state index contributed by atoms with van der Waals surface area (Å²) in [5.41, 5.74) is 2.40. The lowest BCUT2D eigenvalue weighted by Crippen LogP contribution is -2.29. The molecule has 0 aliphatic carbocycles. The largest absolute Gasteiger partial charge is 0.496 e. The van der Waals surface area contributed by atoms with Crippen molar-refractivity contribution in [1.82, 2.24) is 20.2 Å². The Bertz CT molecular complexity index is 1360. The molecule has 0 amide bonds. The summed E-state index contributed by atoms with van der Waals surface area (Å²) in [7, 11) is 1.47. The molecule has 1 saturated heterocycles. The van der Waals surface area contributed by atoms with Crippen molar-refractivity contribution in [3.63, 3.8) is 0 Å². The Morgan fingerprint density at radius 2 is 2.06 bits per heavy atom. The number of furan rings is 1. The van der Waals surface area contributed by atoms with Crippen LogP contribution in [-0.2, 0) is 6.54 Å². The molecular weight excluding hydrogens is 466 g/mol. The van der Waals surface area contributed by atoms with Crippen molar-refractivity contribution in [2.45, 2.75) is 18.6 Å². The lowest BCUT2D eigenvalue weighted by atomic mass is 10.0. The number of benzene rings is 1. The molecule has 5 rings (SSSR count). The van der Waals surface area contributed by atoms with Gasteiger partial charge in [-0.1, -0.05) is 12.1 Å². The fraction of sp³-hybridized carbons (Fsp3) is 0.160. The highest BCUT2D eigenvalue weighted by Crippen LogP contribution is 2.42. The van der Waals surface area contributed by atoms with Crippen LogP contribution in [-0.4, -0.2) is 32.0 Å². The van der Waals surface area contributed by atoms with E-state index >= 15 is 0 Å². The van der Waals surface area contributed by atoms with Crippen molar-refractivity contribution in [3.05, 3.63) is 106 Å². The van der Waals surface area contributed by atoms with Crippen LogP contribution in [0.15, 0.2) is 83.7 Å². The van der Waals surface area contributed by atoms with Crippen LogP contribution in [0.1, 0.15) is 29.1 Å². The molecule has 1 fully saturated rings. The van der Waals surface area contributed by atoms with E-state index in [4.69, 9.17) is 21.4 Å². The lowest BCUT2D eigenvalue weighted by Gasteiger charge is -2.26. The number of ether oxygens (including phenoxy) is 1. The zero-order valence-corrected chi connectivity index (χ0v) is 19.5. The zero-order valence-electron chi connectivity index (χ0n) is 18.7. The van der Waals surface area contributed by atoms with Crippen LogP contribution in [0.4, 0.5) is 5.69 Å². The van der Waals surface area contributed by atoms with E-state index in [-0.39, 0.29) is 17.8 Å². The van der Waals surface area contributed by atoms with Gasteiger partial charge in [0.2, 0.25) is 0 Å². The maximum atomic E-state index is 11.2. The molecule has 10 heteroatoms. The van der Waals surface area contributed by atoms with Crippen LogP contribution in [0.5, 0.6) is 5.75 Å². The first-order valence-electron chi connectivity index (χ1n) is 10.8. The normalized spacial score (nSPS) is 17.3. The number of non-ortho nitro benzene ring substituents is 1. The Morgan fingerprint density at radius 3 is 2.77 bits per heavy atom. The van der Waals surface area contributed by atoms with E-state index in [9.17, 15) is 10.1 Å². The number of thiocarbonyl (C=S) groups is 1. The van der Waals surface area contributed by atoms with E-state index in [0.717, 1.165) is 11.3 Å². The SMILES string of the molecule is COc1cc([N+](=O)[O-])ccc1-c1ccc(C2C(c3ccccn3)NC(=S)N2Cc2cccnc2)o1. The minimum atomic E-state index is -0.460. The topological polar surface area (TPSA) is 107 Å². The van der Waals surface area contributed by atoms with Gasteiger partial charge in [-0.25, -0.2) is 0 Å². The smallest absolute Gasteiger partial charge is 0.273 e. The number of nitro groups is 1. The van der Waals surface area contributed by atoms with Crippen molar-refractivity contribution < 1.29 is 14.1 Å². The van der Waals surface area contributed by atoms with E-state index in [0.29, 0.717) is 34.5 Å². The van der Waals surface area contributed by atoms with Gasteiger partial charge in [0, 0.05) is 31.2 Å². The summed E-state index contributed by atoms with van der Waals surface area (Å²) in [5, 5.41) is 15.2. The fourth-order valence-corrected chi connectivity index (χ4v) is 4.53. The van der Waals surface area contributed by atoms with Gasteiger partial charge in [0.15, 0.2) is 5.11 Å². The van der Waals surface area contributed by atoms with Crippen LogP contribution in [0.2, 0.25) is 0 Å². The minimum Gasteiger partial charge on any atom is -0.496 e. The van der Waals surface area contributed by atoms with Gasteiger partial charge in [0.05, 0.1) is 35.4 Å². The highest BCUT2D eigenvalue weighted by atomic mass is 32.1. The van der Waals surface area contributed by atoms with Gasteiger partial charge in [-0.3, -0.25) is 20.1 Å². The third kappa shape index (κ3) is 4.43. The molecule has 4 heterocycles. The maximum Gasteiger partial charge on any atom is 0.273 e. The van der Waals surface area contributed by atoms with Gasteiger partial charge in [-0.2, -0.15) is 0 Å². The number of pyridine rings is 2. The second-order valence-corrected chi connectivity index (χ2v) is 8.35. The Hall–Kier alpha value is -4.31. The summed E-state index contributed by atoms with van der Waals surface area (Å²) in [5.74, 6) is 1.56. The van der Waals surface area contributed by atoms with E-state index < -0.39 is 4.92 Å². The molecular formula is C25H21N5O4S. The molecule has 176 valence electrons. The highest BCUT2D eigenvalue weighted by Gasteiger charge is 2.41. The average Bonchev–Trinajstić information content (AvgIpc) is 3.49. The monoisotopic (exact) mass is 487 g/mol. The molecule has 3 aromatic heterocycles. The van der Waals surface area contributed by atoms with E-state index in [2.05, 4.69) is 20.2 Å². The Morgan fingerprint density at radius 1 is 1.17 bits per heavy atom. The number of rotatable bonds is 7. The number of nitro benzene ring substituents is 1. The first-order chi connectivity index (χ1) is 17.0. The molecule has 2 atom stereocenters. The van der Waals surface area contributed by atoms with Crippen molar-refractivity contribution in [3.8, 4) is 17.1 Å². The summed E-state index contributed by atoms with van der Waals surface area (Å²) in [4.78, 5) is 21.5. The molecule has 0 radical (unpaired) electrons. The van der Waals surface area contributed by atoms with Gasteiger partial charge >= 0.3 is 0 Å². The molecule has 0 bridgehead atoms. The summed E-state index contributed by atoms with van der Waals surface area (Å²) in [6.07, 6.45) is 5.29. The van der Waals surface area contributed by atoms with Crippen molar-refractivity contribution in [2.24, 2.45) is 0 Å². The van der Waals surface area contributed by atoms with Gasteiger partial charge in [-0.05, 0) is 54.2 Å². The molecule has 1 aliphatic rings. The third-order valence-electron chi connectivity index (χ3n) is 5.85. The number of hydrogen-bond acceptors (Lipinski definition) is 7. The fourth-order valence-electron chi connectivity index (χ4n) is 4.23. The van der Waals surface area contributed by atoms with Crippen molar-refractivity contribution in [2.75, 3.05) is 7.11 Å². The van der Waals surface area contributed by atoms with Crippen molar-refractivity contribution in [1.29, 1.82) is 0 Å². The van der Waals surface area contributed by atoms with Gasteiger partial charge < -0.3 is 19.4 Å². The second-order valence-electron chi connectivity index (χ2n) is 7.96. The number of methoxy groups -OCH3 is 1. The number of hydrogen-bond donors (Lipinski definition) is 1. The molecule has 0 spiro atoms. The summed E-state index contributed by atoms with van der Waals surface area (Å²) in [6, 6.07) is 17.3. The summed E-state index contributed by atoms with van der Waals surface area (Å²) in [6.45, 7) is 0.532.